The molecule has 6 nitrogen and oxygen atoms in total. The molecule has 2 rings (SSSR count). The smallest absolute Gasteiger partial charge is 0.240 e. The van der Waals surface area contributed by atoms with E-state index in [9.17, 15) is 13.2 Å². The lowest BCUT2D eigenvalue weighted by Crippen LogP contribution is -2.40. The maximum Gasteiger partial charge on any atom is 0.240 e. The molecule has 0 bridgehead atoms. The fraction of sp³-hybridized carbons (Fsp3) is 0.562. The number of hydrogen-bond donors (Lipinski definition) is 1. The van der Waals surface area contributed by atoms with E-state index in [1.54, 1.807) is 36.1 Å². The Kier molecular flexibility index (Phi) is 6.01. The van der Waals surface area contributed by atoms with Crippen LogP contribution in [-0.4, -0.2) is 45.5 Å². The Bertz CT molecular complexity index is 620. The van der Waals surface area contributed by atoms with Gasteiger partial charge in [0, 0.05) is 26.6 Å². The summed E-state index contributed by atoms with van der Waals surface area (Å²) in [6.45, 7) is 5.79. The minimum Gasteiger partial charge on any atom is -0.494 e. The maximum absolute atomic E-state index is 12.3. The first-order valence-electron chi connectivity index (χ1n) is 7.90. The van der Waals surface area contributed by atoms with Gasteiger partial charge in [0.05, 0.1) is 11.5 Å². The Morgan fingerprint density at radius 3 is 2.39 bits per heavy atom. The number of likely N-dealkylation sites (tertiary alicyclic amines) is 1. The van der Waals surface area contributed by atoms with Crippen molar-refractivity contribution in [2.45, 2.75) is 31.6 Å². The van der Waals surface area contributed by atoms with Crippen molar-refractivity contribution in [2.24, 2.45) is 5.92 Å². The summed E-state index contributed by atoms with van der Waals surface area (Å²) in [4.78, 5) is 13.3. The molecule has 23 heavy (non-hydrogen) atoms. The van der Waals surface area contributed by atoms with Crippen LogP contribution in [0.1, 0.15) is 26.7 Å². The van der Waals surface area contributed by atoms with E-state index in [-0.39, 0.29) is 16.7 Å². The molecule has 0 radical (unpaired) electrons. The lowest BCUT2D eigenvalue weighted by atomic mass is 9.97. The Hall–Kier alpha value is -1.60. The van der Waals surface area contributed by atoms with Crippen LogP contribution in [0.25, 0.3) is 0 Å². The number of hydrogen-bond acceptors (Lipinski definition) is 4. The number of piperidine rings is 1. The SMILES string of the molecule is CCOc1ccc(S(=O)(=O)NCC2CCN(C(C)=O)CC2)cc1. The molecular weight excluding hydrogens is 316 g/mol. The van der Waals surface area contributed by atoms with Crippen molar-refractivity contribution in [2.75, 3.05) is 26.2 Å². The van der Waals surface area contributed by atoms with Gasteiger partial charge in [-0.1, -0.05) is 0 Å². The number of sulfonamides is 1. The van der Waals surface area contributed by atoms with Crippen LogP contribution in [0.4, 0.5) is 0 Å². The number of nitrogens with one attached hydrogen (secondary N) is 1. The summed E-state index contributed by atoms with van der Waals surface area (Å²) in [5.74, 6) is 1.00. The topological polar surface area (TPSA) is 75.7 Å². The molecule has 0 saturated carbocycles. The van der Waals surface area contributed by atoms with Crippen LogP contribution in [0.15, 0.2) is 29.2 Å². The van der Waals surface area contributed by atoms with Crippen LogP contribution in [0, 0.1) is 5.92 Å². The van der Waals surface area contributed by atoms with Crippen LogP contribution < -0.4 is 9.46 Å². The molecule has 1 fully saturated rings. The van der Waals surface area contributed by atoms with Crippen molar-refractivity contribution in [3.63, 3.8) is 0 Å². The lowest BCUT2D eigenvalue weighted by molar-refractivity contribution is -0.130. The van der Waals surface area contributed by atoms with E-state index in [0.29, 0.717) is 32.0 Å². The van der Waals surface area contributed by atoms with Gasteiger partial charge in [-0.05, 0) is 49.9 Å². The molecule has 0 unspecified atom stereocenters. The Morgan fingerprint density at radius 2 is 1.87 bits per heavy atom. The van der Waals surface area contributed by atoms with Crippen LogP contribution in [-0.2, 0) is 14.8 Å². The minimum atomic E-state index is -3.51. The van der Waals surface area contributed by atoms with E-state index >= 15 is 0 Å². The van der Waals surface area contributed by atoms with Crippen LogP contribution in [0.3, 0.4) is 0 Å². The summed E-state index contributed by atoms with van der Waals surface area (Å²) in [7, 11) is -3.51. The first-order valence-corrected chi connectivity index (χ1v) is 9.38. The van der Waals surface area contributed by atoms with E-state index in [0.717, 1.165) is 12.8 Å². The second-order valence-corrected chi connectivity index (χ2v) is 7.47. The highest BCUT2D eigenvalue weighted by atomic mass is 32.2. The molecule has 1 heterocycles. The van der Waals surface area contributed by atoms with Crippen molar-refractivity contribution in [1.82, 2.24) is 9.62 Å². The zero-order valence-electron chi connectivity index (χ0n) is 13.6. The van der Waals surface area contributed by atoms with Gasteiger partial charge in [0.15, 0.2) is 0 Å². The van der Waals surface area contributed by atoms with Gasteiger partial charge < -0.3 is 9.64 Å². The van der Waals surface area contributed by atoms with Gasteiger partial charge in [-0.3, -0.25) is 4.79 Å². The van der Waals surface area contributed by atoms with Crippen molar-refractivity contribution in [3.05, 3.63) is 24.3 Å². The average molecular weight is 340 g/mol. The molecular formula is C16H24N2O4S. The lowest BCUT2D eigenvalue weighted by Gasteiger charge is -2.31. The molecule has 1 aliphatic rings. The van der Waals surface area contributed by atoms with Gasteiger partial charge in [-0.25, -0.2) is 13.1 Å². The summed E-state index contributed by atoms with van der Waals surface area (Å²) < 4.78 is 32.6. The number of ether oxygens (including phenoxy) is 1. The molecule has 0 spiro atoms. The van der Waals surface area contributed by atoms with E-state index in [4.69, 9.17) is 4.74 Å². The van der Waals surface area contributed by atoms with Gasteiger partial charge in [0.25, 0.3) is 0 Å². The standard InChI is InChI=1S/C16H24N2O4S/c1-3-22-15-4-6-16(7-5-15)23(20,21)17-12-14-8-10-18(11-9-14)13(2)19/h4-7,14,17H,3,8-12H2,1-2H3. The van der Waals surface area contributed by atoms with Crippen molar-refractivity contribution in [1.29, 1.82) is 0 Å². The highest BCUT2D eigenvalue weighted by molar-refractivity contribution is 7.89. The molecule has 1 amide bonds. The molecule has 1 saturated heterocycles. The Morgan fingerprint density at radius 1 is 1.26 bits per heavy atom. The summed E-state index contributed by atoms with van der Waals surface area (Å²) in [6.07, 6.45) is 1.65. The zero-order valence-corrected chi connectivity index (χ0v) is 14.4. The normalized spacial score (nSPS) is 16.3. The number of nitrogens with zero attached hydrogens (tertiary/aromatic N) is 1. The molecule has 1 aromatic rings. The predicted molar refractivity (Wildman–Crippen MR) is 87.8 cm³/mol. The number of benzene rings is 1. The van der Waals surface area contributed by atoms with E-state index < -0.39 is 10.0 Å². The van der Waals surface area contributed by atoms with Crippen molar-refractivity contribution >= 4 is 15.9 Å². The minimum absolute atomic E-state index is 0.0819. The van der Waals surface area contributed by atoms with Crippen LogP contribution >= 0.6 is 0 Å². The average Bonchev–Trinajstić information content (AvgIpc) is 2.54. The van der Waals surface area contributed by atoms with Gasteiger partial charge in [0.1, 0.15) is 5.75 Å². The molecule has 1 aromatic carbocycles. The van der Waals surface area contributed by atoms with Gasteiger partial charge in [-0.15, -0.1) is 0 Å². The number of carbonyl (C=O) groups is 1. The fourth-order valence-electron chi connectivity index (χ4n) is 2.64. The summed E-state index contributed by atoms with van der Waals surface area (Å²) in [6, 6.07) is 6.41. The molecule has 7 heteroatoms. The molecule has 0 aromatic heterocycles. The largest absolute Gasteiger partial charge is 0.494 e. The zero-order chi connectivity index (χ0) is 16.9. The van der Waals surface area contributed by atoms with Gasteiger partial charge >= 0.3 is 0 Å². The summed E-state index contributed by atoms with van der Waals surface area (Å²) in [5.41, 5.74) is 0. The number of amides is 1. The van der Waals surface area contributed by atoms with Gasteiger partial charge in [-0.2, -0.15) is 0 Å². The third-order valence-electron chi connectivity index (χ3n) is 4.07. The number of carbonyl (C=O) groups excluding carboxylic acids is 1. The molecule has 128 valence electrons. The monoisotopic (exact) mass is 340 g/mol. The maximum atomic E-state index is 12.3. The molecule has 1 aliphatic heterocycles. The fourth-order valence-corrected chi connectivity index (χ4v) is 3.76. The first kappa shape index (κ1) is 17.7. The Labute approximate surface area is 137 Å². The van der Waals surface area contributed by atoms with Crippen molar-refractivity contribution in [3.8, 4) is 5.75 Å². The first-order chi connectivity index (χ1) is 10.9. The molecule has 0 atom stereocenters. The second-order valence-electron chi connectivity index (χ2n) is 5.71. The quantitative estimate of drug-likeness (QED) is 0.854. The Balaban J connectivity index is 1.88. The van der Waals surface area contributed by atoms with Crippen molar-refractivity contribution < 1.29 is 17.9 Å². The third-order valence-corrected chi connectivity index (χ3v) is 5.51. The molecule has 0 aliphatic carbocycles. The van der Waals surface area contributed by atoms with Gasteiger partial charge in [0.2, 0.25) is 15.9 Å². The van der Waals surface area contributed by atoms with E-state index in [1.165, 1.54) is 0 Å². The summed E-state index contributed by atoms with van der Waals surface area (Å²) in [5, 5.41) is 0. The van der Waals surface area contributed by atoms with Crippen LogP contribution in [0.5, 0.6) is 5.75 Å². The molecule has 1 N–H and O–H groups in total. The second kappa shape index (κ2) is 7.79. The third kappa shape index (κ3) is 4.94. The number of rotatable bonds is 6. The van der Waals surface area contributed by atoms with E-state index in [1.807, 2.05) is 6.92 Å². The van der Waals surface area contributed by atoms with E-state index in [2.05, 4.69) is 4.72 Å². The highest BCUT2D eigenvalue weighted by Gasteiger charge is 2.22. The highest BCUT2D eigenvalue weighted by Crippen LogP contribution is 2.19. The summed E-state index contributed by atoms with van der Waals surface area (Å²) >= 11 is 0. The van der Waals surface area contributed by atoms with Crippen LogP contribution in [0.2, 0.25) is 0 Å². The predicted octanol–water partition coefficient (Wildman–Crippen LogP) is 1.62.